The Morgan fingerprint density at radius 1 is 0.417 bits per heavy atom. The van der Waals surface area contributed by atoms with E-state index in [2.05, 4.69) is 15.5 Å². The summed E-state index contributed by atoms with van der Waals surface area (Å²) in [5.41, 5.74) is 0. The molecule has 0 saturated heterocycles. The zero-order chi connectivity index (χ0) is 9.07. The van der Waals surface area contributed by atoms with Crippen molar-refractivity contribution >= 4 is 86.1 Å². The number of hydrogen-bond donors (Lipinski definition) is 0. The largest absolute Gasteiger partial charge is 0.0597 e. The molecule has 0 radical (unpaired) electrons. The van der Waals surface area contributed by atoms with Gasteiger partial charge in [0.2, 0.25) is 0 Å². The molecule has 0 aliphatic heterocycles. The molecule has 0 nitrogen and oxygen atoms in total. The van der Waals surface area contributed by atoms with Crippen LogP contribution < -0.4 is 0 Å². The van der Waals surface area contributed by atoms with Gasteiger partial charge in [0.25, 0.3) is 0 Å². The lowest BCUT2D eigenvalue weighted by Crippen LogP contribution is -2.32. The van der Waals surface area contributed by atoms with Crippen LogP contribution in [0.25, 0.3) is 0 Å². The molecule has 0 rings (SSSR count). The summed E-state index contributed by atoms with van der Waals surface area (Å²) < 4.78 is 0. The predicted molar refractivity (Wildman–Crippen MR) is 88.6 cm³/mol. The Kier molecular flexibility index (Phi) is 12.5. The van der Waals surface area contributed by atoms with Crippen molar-refractivity contribution in [3.63, 3.8) is 0 Å². The lowest BCUT2D eigenvalue weighted by molar-refractivity contribution is 3.81. The lowest BCUT2D eigenvalue weighted by Gasteiger charge is -1.90. The van der Waals surface area contributed by atoms with Crippen molar-refractivity contribution in [1.82, 2.24) is 0 Å². The van der Waals surface area contributed by atoms with E-state index in [4.69, 9.17) is 0 Å². The first-order valence-electron chi connectivity index (χ1n) is 5.91. The zero-order valence-corrected chi connectivity index (χ0v) is 9.07. The standard InChI is InChI=1S/B12H14/c1-3-5-7-9-11-12-10-8-6-4-2/h3-12H,1-2H2. The molecule has 0 spiro atoms. The summed E-state index contributed by atoms with van der Waals surface area (Å²) in [6, 6.07) is 0. The maximum Gasteiger partial charge on any atom is 0.0597 e. The molecular formula is H14B12. The Bertz CT molecular complexity index is 56.4. The fourth-order valence-corrected chi connectivity index (χ4v) is 1.56. The Morgan fingerprint density at radius 2 is 0.667 bits per heavy atom. The van der Waals surface area contributed by atoms with Gasteiger partial charge in [0.1, 0.15) is 0 Å². The van der Waals surface area contributed by atoms with Gasteiger partial charge in [-0.1, -0.05) is 0 Å². The minimum Gasteiger partial charge on any atom is 0.0379 e. The number of rotatable bonds is 9. The van der Waals surface area contributed by atoms with Crippen LogP contribution in [0, 0.1) is 0 Å². The van der Waals surface area contributed by atoms with Crippen molar-refractivity contribution < 1.29 is 0 Å². The van der Waals surface area contributed by atoms with E-state index in [0.29, 0.717) is 0 Å². The van der Waals surface area contributed by atoms with Crippen molar-refractivity contribution in [2.24, 2.45) is 0 Å². The van der Waals surface area contributed by atoms with Gasteiger partial charge < -0.3 is 0 Å². The van der Waals surface area contributed by atoms with E-state index in [9.17, 15) is 0 Å². The van der Waals surface area contributed by atoms with Gasteiger partial charge in [-0.25, -0.2) is 0 Å². The van der Waals surface area contributed by atoms with Gasteiger partial charge in [-0.2, -0.15) is 0 Å². The topological polar surface area (TPSA) is 0 Å². The van der Waals surface area contributed by atoms with Gasteiger partial charge in [0, 0.05) is 70.6 Å². The second kappa shape index (κ2) is 11.8. The minimum absolute atomic E-state index is 1.37. The average molecular weight is 144 g/mol. The highest BCUT2D eigenvalue weighted by Gasteiger charge is 1.99. The maximum absolute atomic E-state index is 2.28. The molecule has 0 aliphatic rings. The molecule has 0 N–H and O–H groups in total. The van der Waals surface area contributed by atoms with Crippen LogP contribution in [0.15, 0.2) is 0 Å². The number of hydrogen-bond acceptors (Lipinski definition) is 0. The Balaban J connectivity index is 2.73. The van der Waals surface area contributed by atoms with Crippen molar-refractivity contribution in [1.29, 1.82) is 0 Å². The van der Waals surface area contributed by atoms with Gasteiger partial charge in [-0.3, -0.25) is 0 Å². The predicted octanol–water partition coefficient (Wildman–Crippen LogP) is -8.32. The van der Waals surface area contributed by atoms with Gasteiger partial charge in [-0.05, 0) is 0 Å². The van der Waals surface area contributed by atoms with E-state index in [1.807, 2.05) is 0 Å². The first-order valence-corrected chi connectivity index (χ1v) is 5.91. The van der Waals surface area contributed by atoms with Crippen molar-refractivity contribution in [2.75, 3.05) is 0 Å². The van der Waals surface area contributed by atoms with E-state index < -0.39 is 0 Å². The first kappa shape index (κ1) is 12.8. The van der Waals surface area contributed by atoms with E-state index in [1.165, 1.54) is 70.6 Å². The third kappa shape index (κ3) is 10.8. The molecule has 0 unspecified atom stereocenters. The normalized spacial score (nSPS) is 7.00. The third-order valence-corrected chi connectivity index (χ3v) is 2.46. The fraction of sp³-hybridized carbons (Fsp3) is 0. The molecule has 0 amide bonds. The smallest absolute Gasteiger partial charge is 0.0379 e. The molecule has 0 fully saturated rings. The molecule has 0 saturated carbocycles. The minimum atomic E-state index is 1.37. The highest BCUT2D eigenvalue weighted by Crippen LogP contribution is 1.57. The Labute approximate surface area is 86.4 Å². The van der Waals surface area contributed by atoms with Crippen LogP contribution >= 0.6 is 0 Å². The van der Waals surface area contributed by atoms with Gasteiger partial charge in [-0.15, -0.1) is 0 Å². The van der Waals surface area contributed by atoms with Crippen LogP contribution in [0.1, 0.15) is 0 Å². The monoisotopic (exact) mass is 146 g/mol. The molecule has 0 aliphatic carbocycles. The van der Waals surface area contributed by atoms with Crippen LogP contribution in [0.3, 0.4) is 0 Å². The summed E-state index contributed by atoms with van der Waals surface area (Å²) in [6.07, 6.45) is 0. The molecule has 0 aromatic carbocycles. The van der Waals surface area contributed by atoms with Crippen molar-refractivity contribution in [3.8, 4) is 0 Å². The lowest BCUT2D eigenvalue weighted by atomic mass is 8.87. The molecule has 12 heavy (non-hydrogen) atoms. The molecule has 0 atom stereocenters. The average Bonchev–Trinajstić information content (AvgIpc) is 2.10. The van der Waals surface area contributed by atoms with Gasteiger partial charge >= 0.3 is 0 Å². The van der Waals surface area contributed by atoms with Crippen molar-refractivity contribution in [2.45, 2.75) is 0 Å². The van der Waals surface area contributed by atoms with Gasteiger partial charge in [0.05, 0.1) is 15.5 Å². The molecule has 0 heterocycles. The molecule has 0 aromatic heterocycles. The van der Waals surface area contributed by atoms with E-state index in [-0.39, 0.29) is 0 Å². The van der Waals surface area contributed by atoms with E-state index >= 15 is 0 Å². The summed E-state index contributed by atoms with van der Waals surface area (Å²) in [4.78, 5) is 0. The van der Waals surface area contributed by atoms with Crippen LogP contribution in [0.2, 0.25) is 0 Å². The van der Waals surface area contributed by atoms with Crippen LogP contribution in [0.4, 0.5) is 0 Å². The van der Waals surface area contributed by atoms with Crippen LogP contribution in [-0.4, -0.2) is 86.1 Å². The third-order valence-electron chi connectivity index (χ3n) is 2.46. The second-order valence-corrected chi connectivity index (χ2v) is 3.83. The maximum atomic E-state index is 2.28. The van der Waals surface area contributed by atoms with Crippen LogP contribution in [-0.2, 0) is 0 Å². The SMILES string of the molecule is BBBBBBBBBBBB. The molecule has 0 aromatic rings. The van der Waals surface area contributed by atoms with Crippen LogP contribution in [0.5, 0.6) is 0 Å². The fourth-order valence-electron chi connectivity index (χ4n) is 1.56. The van der Waals surface area contributed by atoms with Crippen molar-refractivity contribution in [3.05, 3.63) is 0 Å². The zero-order valence-electron chi connectivity index (χ0n) is 9.07. The summed E-state index contributed by atoms with van der Waals surface area (Å²) in [6.45, 7) is 0. The van der Waals surface area contributed by atoms with Gasteiger partial charge in [0.15, 0.2) is 0 Å². The quantitative estimate of drug-likeness (QED) is 0.222. The summed E-state index contributed by atoms with van der Waals surface area (Å²) in [5, 5.41) is 0. The highest BCUT2D eigenvalue weighted by molar-refractivity contribution is 7.70. The second-order valence-electron chi connectivity index (χ2n) is 3.83. The molecule has 12 heteroatoms. The summed E-state index contributed by atoms with van der Waals surface area (Å²) in [5.74, 6) is 0. The highest BCUT2D eigenvalue weighted by atomic mass is 12.8. The van der Waals surface area contributed by atoms with E-state index in [0.717, 1.165) is 0 Å². The first-order chi connectivity index (χ1) is 5.91. The molecule has 50 valence electrons. The Hall–Kier alpha value is 0.779. The molecule has 0 bridgehead atoms. The summed E-state index contributed by atoms with van der Waals surface area (Å²) >= 11 is 0. The Morgan fingerprint density at radius 3 is 0.917 bits per heavy atom. The molecular weight excluding hydrogens is 130 g/mol. The summed E-state index contributed by atoms with van der Waals surface area (Å²) in [7, 11) is 19.0. The van der Waals surface area contributed by atoms with E-state index in [1.54, 1.807) is 0 Å².